The topological polar surface area (TPSA) is 42.2 Å². The van der Waals surface area contributed by atoms with Crippen molar-refractivity contribution in [1.29, 1.82) is 0 Å². The Balaban J connectivity index is 1.90. The van der Waals surface area contributed by atoms with Gasteiger partial charge in [0.25, 0.3) is 0 Å². The van der Waals surface area contributed by atoms with Crippen LogP contribution in [0.15, 0.2) is 28.9 Å². The fourth-order valence-corrected chi connectivity index (χ4v) is 2.85. The molecule has 0 fully saturated rings. The summed E-state index contributed by atoms with van der Waals surface area (Å²) in [7, 11) is 0. The van der Waals surface area contributed by atoms with Gasteiger partial charge >= 0.3 is 0 Å². The average molecular weight is 243 g/mol. The van der Waals surface area contributed by atoms with Gasteiger partial charge in [-0.05, 0) is 36.1 Å². The fourth-order valence-electron chi connectivity index (χ4n) is 2.85. The van der Waals surface area contributed by atoms with E-state index in [1.54, 1.807) is 6.26 Å². The Morgan fingerprint density at radius 3 is 3.17 bits per heavy atom. The molecule has 0 bridgehead atoms. The van der Waals surface area contributed by atoms with Crippen molar-refractivity contribution < 1.29 is 9.21 Å². The van der Waals surface area contributed by atoms with Crippen LogP contribution in [0.4, 0.5) is 0 Å². The van der Waals surface area contributed by atoms with E-state index >= 15 is 0 Å². The Bertz CT molecular complexity index is 585. The van der Waals surface area contributed by atoms with Gasteiger partial charge in [0.1, 0.15) is 5.58 Å². The Kier molecular flexibility index (Phi) is 2.82. The van der Waals surface area contributed by atoms with Gasteiger partial charge in [-0.25, -0.2) is 0 Å². The molecule has 1 heterocycles. The summed E-state index contributed by atoms with van der Waals surface area (Å²) in [5.74, 6) is 0.555. The summed E-state index contributed by atoms with van der Waals surface area (Å²) in [6.07, 6.45) is 4.51. The van der Waals surface area contributed by atoms with Crippen molar-refractivity contribution in [2.75, 3.05) is 6.54 Å². The molecule has 94 valence electrons. The molecule has 1 aliphatic carbocycles. The molecule has 0 aliphatic heterocycles. The zero-order valence-electron chi connectivity index (χ0n) is 10.5. The second-order valence-electron chi connectivity index (χ2n) is 4.86. The highest BCUT2D eigenvalue weighted by atomic mass is 16.3. The van der Waals surface area contributed by atoms with Gasteiger partial charge in [0.15, 0.2) is 0 Å². The Morgan fingerprint density at radius 2 is 2.33 bits per heavy atom. The highest BCUT2D eigenvalue weighted by Crippen LogP contribution is 2.38. The van der Waals surface area contributed by atoms with Crippen molar-refractivity contribution in [3.63, 3.8) is 0 Å². The number of nitrogens with one attached hydrogen (secondary N) is 1. The molecule has 0 spiro atoms. The molecule has 3 rings (SSSR count). The Hall–Kier alpha value is -1.77. The molecule has 3 nitrogen and oxygen atoms in total. The highest BCUT2D eigenvalue weighted by molar-refractivity contribution is 5.84. The lowest BCUT2D eigenvalue weighted by Crippen LogP contribution is -2.26. The Morgan fingerprint density at radius 1 is 1.44 bits per heavy atom. The van der Waals surface area contributed by atoms with E-state index < -0.39 is 0 Å². The Labute approximate surface area is 106 Å². The largest absolute Gasteiger partial charge is 0.464 e. The number of aryl methyl sites for hydroxylation is 1. The van der Waals surface area contributed by atoms with Gasteiger partial charge in [0.05, 0.1) is 6.26 Å². The number of benzene rings is 1. The van der Waals surface area contributed by atoms with Crippen LogP contribution in [0.1, 0.15) is 36.8 Å². The highest BCUT2D eigenvalue weighted by Gasteiger charge is 2.25. The summed E-state index contributed by atoms with van der Waals surface area (Å²) in [6.45, 7) is 2.62. The lowest BCUT2D eigenvalue weighted by molar-refractivity contribution is -0.120. The minimum Gasteiger partial charge on any atom is -0.464 e. The van der Waals surface area contributed by atoms with E-state index in [0.29, 0.717) is 12.3 Å². The van der Waals surface area contributed by atoms with Crippen molar-refractivity contribution in [3.8, 4) is 0 Å². The van der Waals surface area contributed by atoms with Gasteiger partial charge in [-0.15, -0.1) is 0 Å². The quantitative estimate of drug-likeness (QED) is 0.900. The average Bonchev–Trinajstić information content (AvgIpc) is 3.01. The molecule has 1 aliphatic rings. The third kappa shape index (κ3) is 1.80. The first kappa shape index (κ1) is 11.3. The van der Waals surface area contributed by atoms with Crippen LogP contribution < -0.4 is 5.32 Å². The summed E-state index contributed by atoms with van der Waals surface area (Å²) in [6, 6.07) is 6.23. The van der Waals surface area contributed by atoms with E-state index in [-0.39, 0.29) is 5.91 Å². The zero-order chi connectivity index (χ0) is 12.5. The summed E-state index contributed by atoms with van der Waals surface area (Å²) >= 11 is 0. The third-order valence-corrected chi connectivity index (χ3v) is 3.80. The number of hydrogen-bond donors (Lipinski definition) is 1. The molecule has 0 unspecified atom stereocenters. The molecular formula is C15H17NO2. The minimum absolute atomic E-state index is 0.128. The maximum Gasteiger partial charge on any atom is 0.219 e. The zero-order valence-corrected chi connectivity index (χ0v) is 10.5. The maximum atomic E-state index is 11.4. The second-order valence-corrected chi connectivity index (χ2v) is 4.86. The predicted molar refractivity (Wildman–Crippen MR) is 70.6 cm³/mol. The molecular weight excluding hydrogens is 226 g/mol. The van der Waals surface area contributed by atoms with Crippen molar-refractivity contribution in [3.05, 3.63) is 35.6 Å². The molecule has 3 heteroatoms. The van der Waals surface area contributed by atoms with Crippen molar-refractivity contribution in [2.45, 2.75) is 32.1 Å². The first-order valence-corrected chi connectivity index (χ1v) is 6.55. The molecule has 2 aromatic rings. The van der Waals surface area contributed by atoms with Crippen LogP contribution in [0, 0.1) is 0 Å². The summed E-state index contributed by atoms with van der Waals surface area (Å²) in [4.78, 5) is 11.4. The van der Waals surface area contributed by atoms with E-state index in [1.807, 2.05) is 19.1 Å². The standard InChI is InChI=1S/C15H17NO2/c1-2-14(17)16-9-11-4-3-10-5-6-13-12(15(10)11)7-8-18-13/h5-8,11H,2-4,9H2,1H3,(H,16,17)/t11-/m0/s1. The van der Waals surface area contributed by atoms with E-state index in [4.69, 9.17) is 4.42 Å². The van der Waals surface area contributed by atoms with E-state index in [2.05, 4.69) is 11.4 Å². The van der Waals surface area contributed by atoms with Gasteiger partial charge in [-0.2, -0.15) is 0 Å². The number of furan rings is 1. The second kappa shape index (κ2) is 4.48. The minimum atomic E-state index is 0.128. The predicted octanol–water partition coefficient (Wildman–Crippen LogP) is 2.99. The number of amides is 1. The number of hydrogen-bond acceptors (Lipinski definition) is 2. The van der Waals surface area contributed by atoms with Crippen molar-refractivity contribution in [1.82, 2.24) is 5.32 Å². The molecule has 1 amide bonds. The van der Waals surface area contributed by atoms with Gasteiger partial charge in [0, 0.05) is 24.3 Å². The molecule has 0 saturated heterocycles. The summed E-state index contributed by atoms with van der Waals surface area (Å²) < 4.78 is 5.45. The van der Waals surface area contributed by atoms with E-state index in [9.17, 15) is 4.79 Å². The lowest BCUT2D eigenvalue weighted by atomic mass is 9.97. The maximum absolute atomic E-state index is 11.4. The van der Waals surface area contributed by atoms with Crippen LogP contribution in [0.3, 0.4) is 0 Å². The van der Waals surface area contributed by atoms with Gasteiger partial charge in [-0.3, -0.25) is 4.79 Å². The monoisotopic (exact) mass is 243 g/mol. The molecule has 0 saturated carbocycles. The summed E-state index contributed by atoms with van der Waals surface area (Å²) in [5.41, 5.74) is 3.72. The number of carbonyl (C=O) groups excluding carboxylic acids is 1. The smallest absolute Gasteiger partial charge is 0.219 e. The first-order chi connectivity index (χ1) is 8.79. The van der Waals surface area contributed by atoms with Crippen LogP contribution in [0.25, 0.3) is 11.0 Å². The van der Waals surface area contributed by atoms with Crippen LogP contribution in [0.5, 0.6) is 0 Å². The molecule has 1 N–H and O–H groups in total. The van der Waals surface area contributed by atoms with Crippen molar-refractivity contribution in [2.24, 2.45) is 0 Å². The molecule has 1 aromatic heterocycles. The number of fused-ring (bicyclic) bond motifs is 3. The van der Waals surface area contributed by atoms with Crippen molar-refractivity contribution >= 4 is 16.9 Å². The molecule has 0 radical (unpaired) electrons. The first-order valence-electron chi connectivity index (χ1n) is 6.55. The lowest BCUT2D eigenvalue weighted by Gasteiger charge is -2.13. The van der Waals surface area contributed by atoms with Crippen LogP contribution in [-0.4, -0.2) is 12.5 Å². The van der Waals surface area contributed by atoms with Gasteiger partial charge in [0.2, 0.25) is 5.91 Å². The third-order valence-electron chi connectivity index (χ3n) is 3.80. The van der Waals surface area contributed by atoms with E-state index in [0.717, 1.165) is 25.0 Å². The summed E-state index contributed by atoms with van der Waals surface area (Å²) in [5, 5.41) is 4.21. The number of carbonyl (C=O) groups is 1. The normalized spacial score (nSPS) is 17.9. The fraction of sp³-hybridized carbons (Fsp3) is 0.400. The van der Waals surface area contributed by atoms with E-state index in [1.165, 1.54) is 16.5 Å². The van der Waals surface area contributed by atoms with Crippen LogP contribution in [0.2, 0.25) is 0 Å². The molecule has 1 atom stereocenters. The molecule has 1 aromatic carbocycles. The van der Waals surface area contributed by atoms with Gasteiger partial charge < -0.3 is 9.73 Å². The molecule has 18 heavy (non-hydrogen) atoms. The van der Waals surface area contributed by atoms with Crippen LogP contribution in [-0.2, 0) is 11.2 Å². The van der Waals surface area contributed by atoms with Crippen LogP contribution >= 0.6 is 0 Å². The SMILES string of the molecule is CCC(=O)NC[C@@H]1CCc2ccc3occc3c21. The number of rotatable bonds is 3. The van der Waals surface area contributed by atoms with Gasteiger partial charge in [-0.1, -0.05) is 13.0 Å².